The van der Waals surface area contributed by atoms with Gasteiger partial charge in [0.05, 0.1) is 5.71 Å². The van der Waals surface area contributed by atoms with Crippen LogP contribution in [0.3, 0.4) is 0 Å². The van der Waals surface area contributed by atoms with Crippen LogP contribution >= 0.6 is 0 Å². The van der Waals surface area contributed by atoms with Gasteiger partial charge in [-0.05, 0) is 24.2 Å². The molecular weight excluding hydrogens is 380 g/mol. The molecule has 0 saturated heterocycles. The molecule has 1 aromatic rings. The van der Waals surface area contributed by atoms with Gasteiger partial charge in [0, 0.05) is 19.7 Å². The van der Waals surface area contributed by atoms with Gasteiger partial charge in [-0.15, -0.1) is 5.10 Å². The first-order chi connectivity index (χ1) is 10.5. The van der Waals surface area contributed by atoms with Crippen molar-refractivity contribution in [3.63, 3.8) is 0 Å². The molecule has 0 aliphatic rings. The van der Waals surface area contributed by atoms with E-state index in [0.717, 1.165) is 11.1 Å². The molecule has 2 N–H and O–H groups in total. The zero-order valence-electron chi connectivity index (χ0n) is 13.2. The fourth-order valence-electron chi connectivity index (χ4n) is 1.41. The number of hydrogen-bond acceptors (Lipinski definition) is 6. The molecule has 9 heteroatoms. The molecule has 1 radical (unpaired) electrons. The molecular formula is C14H18CuN6S2. The first kappa shape index (κ1) is 21.5. The number of hydrogen-bond donors (Lipinski definition) is 2. The van der Waals surface area contributed by atoms with Crippen molar-refractivity contribution in [2.45, 2.75) is 13.8 Å². The van der Waals surface area contributed by atoms with Gasteiger partial charge >= 0.3 is 17.1 Å². The van der Waals surface area contributed by atoms with Gasteiger partial charge in [0.1, 0.15) is 5.71 Å². The molecule has 1 rings (SSSR count). The Kier molecular flexibility index (Phi) is 10.3. The first-order valence-electron chi connectivity index (χ1n) is 6.52. The molecule has 0 unspecified atom stereocenters. The van der Waals surface area contributed by atoms with E-state index in [-0.39, 0.29) is 17.1 Å². The van der Waals surface area contributed by atoms with E-state index in [2.05, 4.69) is 31.0 Å². The van der Waals surface area contributed by atoms with Gasteiger partial charge in [-0.25, -0.2) is 0 Å². The fourth-order valence-corrected chi connectivity index (χ4v) is 1.50. The van der Waals surface area contributed by atoms with Crippen LogP contribution in [0.15, 0.2) is 44.7 Å². The third kappa shape index (κ3) is 7.51. The average Bonchev–Trinajstić information content (AvgIpc) is 2.53. The van der Waals surface area contributed by atoms with Crippen LogP contribution in [0, 0.1) is 6.92 Å². The number of aryl methyl sites for hydroxylation is 1. The SMILES string of the molecule is CNC([S-])=NN=C(C)C(=NN=C([S-])NC)c1ccc(C)cc1.[Cu+2]. The second-order valence-electron chi connectivity index (χ2n) is 4.31. The predicted molar refractivity (Wildman–Crippen MR) is 98.5 cm³/mol. The van der Waals surface area contributed by atoms with Gasteiger partial charge in [-0.3, -0.25) is 0 Å². The monoisotopic (exact) mass is 397 g/mol. The molecule has 127 valence electrons. The maximum absolute atomic E-state index is 4.98. The van der Waals surface area contributed by atoms with Crippen LogP contribution in [-0.2, 0) is 42.3 Å². The Morgan fingerprint density at radius 3 is 1.83 bits per heavy atom. The van der Waals surface area contributed by atoms with E-state index in [1.807, 2.05) is 31.2 Å². The van der Waals surface area contributed by atoms with Gasteiger partial charge in [0.2, 0.25) is 0 Å². The van der Waals surface area contributed by atoms with E-state index in [9.17, 15) is 0 Å². The largest absolute Gasteiger partial charge is 2.00 e. The molecule has 0 aliphatic carbocycles. The number of benzene rings is 1. The van der Waals surface area contributed by atoms with E-state index in [1.165, 1.54) is 0 Å². The van der Waals surface area contributed by atoms with Crippen molar-refractivity contribution in [1.82, 2.24) is 10.6 Å². The Balaban J connectivity index is 0.00000484. The number of nitrogens with one attached hydrogen (secondary N) is 2. The molecule has 0 aliphatic heterocycles. The van der Waals surface area contributed by atoms with Crippen LogP contribution < -0.4 is 10.6 Å². The average molecular weight is 398 g/mol. The van der Waals surface area contributed by atoms with Gasteiger partial charge in [0.25, 0.3) is 0 Å². The summed E-state index contributed by atoms with van der Waals surface area (Å²) < 4.78 is 0. The van der Waals surface area contributed by atoms with Crippen molar-refractivity contribution in [1.29, 1.82) is 0 Å². The third-order valence-corrected chi connectivity index (χ3v) is 3.20. The van der Waals surface area contributed by atoms with Crippen molar-refractivity contribution in [3.05, 3.63) is 35.4 Å². The van der Waals surface area contributed by atoms with E-state index < -0.39 is 0 Å². The van der Waals surface area contributed by atoms with Gasteiger partial charge in [0.15, 0.2) is 0 Å². The van der Waals surface area contributed by atoms with Crippen LogP contribution in [0.2, 0.25) is 0 Å². The van der Waals surface area contributed by atoms with Crippen molar-refractivity contribution in [2.75, 3.05) is 14.1 Å². The van der Waals surface area contributed by atoms with Crippen LogP contribution in [-0.4, -0.2) is 35.9 Å². The smallest absolute Gasteiger partial charge is 0.741 e. The van der Waals surface area contributed by atoms with Crippen LogP contribution in [0.4, 0.5) is 0 Å². The summed E-state index contributed by atoms with van der Waals surface area (Å²) in [6.07, 6.45) is 0. The molecule has 0 atom stereocenters. The number of amidine groups is 2. The molecule has 0 heterocycles. The Hall–Kier alpha value is -1.54. The molecule has 0 bridgehead atoms. The molecule has 0 fully saturated rings. The predicted octanol–water partition coefficient (Wildman–Crippen LogP) is 1.32. The van der Waals surface area contributed by atoms with E-state index >= 15 is 0 Å². The molecule has 1 aromatic carbocycles. The maximum Gasteiger partial charge on any atom is 2.00 e. The minimum atomic E-state index is 0. The topological polar surface area (TPSA) is 73.5 Å². The van der Waals surface area contributed by atoms with E-state index in [4.69, 9.17) is 25.3 Å². The third-order valence-electron chi connectivity index (χ3n) is 2.63. The zero-order chi connectivity index (χ0) is 16.5. The van der Waals surface area contributed by atoms with Crippen LogP contribution in [0.1, 0.15) is 18.1 Å². The summed E-state index contributed by atoms with van der Waals surface area (Å²) in [5.41, 5.74) is 3.20. The van der Waals surface area contributed by atoms with E-state index in [1.54, 1.807) is 21.0 Å². The summed E-state index contributed by atoms with van der Waals surface area (Å²) in [6.45, 7) is 3.81. The van der Waals surface area contributed by atoms with Crippen LogP contribution in [0.25, 0.3) is 0 Å². The molecule has 6 nitrogen and oxygen atoms in total. The zero-order valence-corrected chi connectivity index (χ0v) is 15.8. The summed E-state index contributed by atoms with van der Waals surface area (Å²) >= 11 is 9.92. The summed E-state index contributed by atoms with van der Waals surface area (Å²) in [5, 5.41) is 22.2. The number of nitrogens with zero attached hydrogens (tertiary/aromatic N) is 4. The quantitative estimate of drug-likeness (QED) is 0.264. The molecule has 0 saturated carbocycles. The van der Waals surface area contributed by atoms with Gasteiger partial charge in [-0.2, -0.15) is 15.3 Å². The van der Waals surface area contributed by atoms with Gasteiger partial charge < -0.3 is 35.9 Å². The molecule has 0 amide bonds. The Morgan fingerprint density at radius 2 is 1.35 bits per heavy atom. The standard InChI is InChI=1S/C14H20N6S2.Cu/c1-9-5-7-11(8-6-9)12(18-20-14(22)16-4)10(2)17-19-13(21)15-3;/h5-8H,1-4H3,(H2,15,19,21)(H2,16,20,22);/q;+2/p-2. The van der Waals surface area contributed by atoms with Crippen molar-refractivity contribution in [2.24, 2.45) is 20.4 Å². The van der Waals surface area contributed by atoms with Crippen molar-refractivity contribution >= 4 is 47.0 Å². The fraction of sp³-hybridized carbons (Fsp3) is 0.286. The first-order valence-corrected chi connectivity index (χ1v) is 7.34. The summed E-state index contributed by atoms with van der Waals surface area (Å²) in [4.78, 5) is 0. The Bertz CT molecular complexity index is 623. The van der Waals surface area contributed by atoms with Crippen molar-refractivity contribution in [3.8, 4) is 0 Å². The Labute approximate surface area is 158 Å². The summed E-state index contributed by atoms with van der Waals surface area (Å²) in [7, 11) is 3.38. The second kappa shape index (κ2) is 11.1. The Morgan fingerprint density at radius 1 is 0.870 bits per heavy atom. The molecule has 23 heavy (non-hydrogen) atoms. The molecule has 0 spiro atoms. The van der Waals surface area contributed by atoms with E-state index in [0.29, 0.717) is 21.8 Å². The summed E-state index contributed by atoms with van der Waals surface area (Å²) in [6, 6.07) is 7.87. The maximum atomic E-state index is 4.98. The van der Waals surface area contributed by atoms with Gasteiger partial charge in [-0.1, -0.05) is 29.8 Å². The number of rotatable bonds is 4. The minimum absolute atomic E-state index is 0. The normalized spacial score (nSPS) is 13.4. The van der Waals surface area contributed by atoms with Crippen molar-refractivity contribution < 1.29 is 17.1 Å². The summed E-state index contributed by atoms with van der Waals surface area (Å²) in [5.74, 6) is 0. The second-order valence-corrected chi connectivity index (χ2v) is 5.08. The molecule has 0 aromatic heterocycles. The van der Waals surface area contributed by atoms with Crippen LogP contribution in [0.5, 0.6) is 0 Å². The minimum Gasteiger partial charge on any atom is -0.741 e.